The lowest BCUT2D eigenvalue weighted by Crippen LogP contribution is -2.45. The molecule has 2 aromatic rings. The van der Waals surface area contributed by atoms with Gasteiger partial charge in [0, 0.05) is 26.7 Å². The summed E-state index contributed by atoms with van der Waals surface area (Å²) in [6, 6.07) is 2.39. The maximum atomic E-state index is 12.0. The van der Waals surface area contributed by atoms with E-state index in [0.717, 1.165) is 13.1 Å². The fraction of sp³-hybridized carbons (Fsp3) is 0.462. The first-order valence-corrected chi connectivity index (χ1v) is 7.59. The van der Waals surface area contributed by atoms with Crippen LogP contribution in [0.15, 0.2) is 23.0 Å². The van der Waals surface area contributed by atoms with E-state index in [1.165, 1.54) is 16.7 Å². The van der Waals surface area contributed by atoms with E-state index in [4.69, 9.17) is 0 Å². The van der Waals surface area contributed by atoms with E-state index in [2.05, 4.69) is 37.4 Å². The van der Waals surface area contributed by atoms with Crippen molar-refractivity contribution in [2.45, 2.75) is 12.5 Å². The van der Waals surface area contributed by atoms with Crippen molar-refractivity contribution in [1.29, 1.82) is 0 Å². The standard InChI is InChI=1S/C13H17N5OS/c1-17-8-11(15-16-17)13(19)14-7-12(18-4-2-5-18)10-3-6-20-9-10/h3,6,8-9,12H,2,4-5,7H2,1H3,(H,14,19). The number of hydrogen-bond donors (Lipinski definition) is 1. The summed E-state index contributed by atoms with van der Waals surface area (Å²) in [7, 11) is 1.75. The third-order valence-corrected chi connectivity index (χ3v) is 4.25. The zero-order valence-electron chi connectivity index (χ0n) is 11.3. The second kappa shape index (κ2) is 5.72. The van der Waals surface area contributed by atoms with Gasteiger partial charge in [-0.25, -0.2) is 0 Å². The van der Waals surface area contributed by atoms with Gasteiger partial charge in [0.15, 0.2) is 5.69 Å². The van der Waals surface area contributed by atoms with Gasteiger partial charge in [-0.05, 0) is 28.8 Å². The van der Waals surface area contributed by atoms with Gasteiger partial charge >= 0.3 is 0 Å². The average molecular weight is 291 g/mol. The number of nitrogens with zero attached hydrogens (tertiary/aromatic N) is 4. The molecule has 2 aromatic heterocycles. The SMILES string of the molecule is Cn1cc(C(=O)NCC(c2ccsc2)N2CCC2)nn1. The third kappa shape index (κ3) is 2.73. The number of carbonyl (C=O) groups is 1. The van der Waals surface area contributed by atoms with Crippen LogP contribution in [0.5, 0.6) is 0 Å². The number of carbonyl (C=O) groups excluding carboxylic acids is 1. The van der Waals surface area contributed by atoms with Crippen molar-refractivity contribution in [3.63, 3.8) is 0 Å². The van der Waals surface area contributed by atoms with Crippen molar-refractivity contribution in [3.8, 4) is 0 Å². The molecule has 1 aliphatic rings. The lowest BCUT2D eigenvalue weighted by Gasteiger charge is -2.38. The first-order chi connectivity index (χ1) is 9.74. The Hall–Kier alpha value is -1.73. The molecule has 3 rings (SSSR count). The molecule has 106 valence electrons. The molecule has 1 aliphatic heterocycles. The highest BCUT2D eigenvalue weighted by Gasteiger charge is 2.26. The molecule has 1 unspecified atom stereocenters. The second-order valence-corrected chi connectivity index (χ2v) is 5.73. The van der Waals surface area contributed by atoms with Crippen LogP contribution in [-0.4, -0.2) is 45.4 Å². The minimum absolute atomic E-state index is 0.168. The van der Waals surface area contributed by atoms with Crippen LogP contribution in [0.4, 0.5) is 0 Å². The summed E-state index contributed by atoms with van der Waals surface area (Å²) in [6.45, 7) is 2.80. The molecule has 1 N–H and O–H groups in total. The molecule has 7 heteroatoms. The summed E-state index contributed by atoms with van der Waals surface area (Å²) in [6.07, 6.45) is 2.86. The Kier molecular flexibility index (Phi) is 3.79. The molecule has 1 atom stereocenters. The zero-order chi connectivity index (χ0) is 13.9. The molecular formula is C13H17N5OS. The number of nitrogens with one attached hydrogen (secondary N) is 1. The summed E-state index contributed by atoms with van der Waals surface area (Å²) in [5.41, 5.74) is 1.63. The van der Waals surface area contributed by atoms with Crippen LogP contribution >= 0.6 is 11.3 Å². The van der Waals surface area contributed by atoms with Gasteiger partial charge in [0.25, 0.3) is 5.91 Å². The highest BCUT2D eigenvalue weighted by molar-refractivity contribution is 7.07. The highest BCUT2D eigenvalue weighted by atomic mass is 32.1. The van der Waals surface area contributed by atoms with Crippen LogP contribution in [-0.2, 0) is 7.05 Å². The van der Waals surface area contributed by atoms with Crippen molar-refractivity contribution in [1.82, 2.24) is 25.2 Å². The fourth-order valence-corrected chi connectivity index (χ4v) is 3.01. The van der Waals surface area contributed by atoms with Crippen LogP contribution in [0.3, 0.4) is 0 Å². The molecule has 1 amide bonds. The van der Waals surface area contributed by atoms with Crippen LogP contribution in [0, 0.1) is 0 Å². The van der Waals surface area contributed by atoms with Gasteiger partial charge < -0.3 is 5.32 Å². The fourth-order valence-electron chi connectivity index (χ4n) is 2.31. The first kappa shape index (κ1) is 13.3. The number of thiophene rings is 1. The zero-order valence-corrected chi connectivity index (χ0v) is 12.1. The van der Waals surface area contributed by atoms with Crippen molar-refractivity contribution < 1.29 is 4.79 Å². The highest BCUT2D eigenvalue weighted by Crippen LogP contribution is 2.26. The molecule has 20 heavy (non-hydrogen) atoms. The van der Waals surface area contributed by atoms with E-state index in [0.29, 0.717) is 12.2 Å². The first-order valence-electron chi connectivity index (χ1n) is 6.65. The molecule has 0 saturated carbocycles. The van der Waals surface area contributed by atoms with Crippen molar-refractivity contribution in [2.75, 3.05) is 19.6 Å². The van der Waals surface area contributed by atoms with E-state index in [-0.39, 0.29) is 11.9 Å². The second-order valence-electron chi connectivity index (χ2n) is 4.95. The maximum Gasteiger partial charge on any atom is 0.273 e. The predicted molar refractivity (Wildman–Crippen MR) is 76.6 cm³/mol. The van der Waals surface area contributed by atoms with Gasteiger partial charge in [0.2, 0.25) is 0 Å². The predicted octanol–water partition coefficient (Wildman–Crippen LogP) is 1.05. The number of likely N-dealkylation sites (tertiary alicyclic amines) is 1. The Morgan fingerprint density at radius 2 is 2.40 bits per heavy atom. The number of rotatable bonds is 5. The summed E-state index contributed by atoms with van der Waals surface area (Å²) in [4.78, 5) is 14.4. The lowest BCUT2D eigenvalue weighted by atomic mass is 10.0. The van der Waals surface area contributed by atoms with Crippen LogP contribution in [0.1, 0.15) is 28.5 Å². The number of aryl methyl sites for hydroxylation is 1. The molecule has 6 nitrogen and oxygen atoms in total. The molecule has 1 fully saturated rings. The van der Waals surface area contributed by atoms with Gasteiger partial charge in [-0.3, -0.25) is 14.4 Å². The maximum absolute atomic E-state index is 12.0. The topological polar surface area (TPSA) is 63.1 Å². The monoisotopic (exact) mass is 291 g/mol. The smallest absolute Gasteiger partial charge is 0.273 e. The third-order valence-electron chi connectivity index (χ3n) is 3.55. The van der Waals surface area contributed by atoms with E-state index >= 15 is 0 Å². The minimum atomic E-state index is -0.168. The number of amides is 1. The van der Waals surface area contributed by atoms with Gasteiger partial charge in [-0.1, -0.05) is 5.21 Å². The van der Waals surface area contributed by atoms with Gasteiger partial charge in [-0.15, -0.1) is 5.10 Å². The largest absolute Gasteiger partial charge is 0.349 e. The Morgan fingerprint density at radius 1 is 1.55 bits per heavy atom. The summed E-state index contributed by atoms with van der Waals surface area (Å²) in [5, 5.41) is 14.8. The lowest BCUT2D eigenvalue weighted by molar-refractivity contribution is 0.0881. The van der Waals surface area contributed by atoms with E-state index in [1.54, 1.807) is 24.6 Å². The molecular weight excluding hydrogens is 274 g/mol. The van der Waals surface area contributed by atoms with Crippen molar-refractivity contribution in [2.24, 2.45) is 7.05 Å². The van der Waals surface area contributed by atoms with Gasteiger partial charge in [-0.2, -0.15) is 11.3 Å². The minimum Gasteiger partial charge on any atom is -0.349 e. The molecule has 0 radical (unpaired) electrons. The summed E-state index contributed by atoms with van der Waals surface area (Å²) >= 11 is 1.69. The Morgan fingerprint density at radius 3 is 2.95 bits per heavy atom. The van der Waals surface area contributed by atoms with E-state index in [1.807, 2.05) is 0 Å². The number of aromatic nitrogens is 3. The Bertz CT molecular complexity index is 575. The molecule has 0 bridgehead atoms. The van der Waals surface area contributed by atoms with Crippen LogP contribution in [0.25, 0.3) is 0 Å². The molecule has 3 heterocycles. The Balaban J connectivity index is 1.63. The van der Waals surface area contributed by atoms with Gasteiger partial charge in [0.1, 0.15) is 0 Å². The van der Waals surface area contributed by atoms with Crippen LogP contribution < -0.4 is 5.32 Å². The number of hydrogen-bond acceptors (Lipinski definition) is 5. The normalized spacial score (nSPS) is 16.6. The van der Waals surface area contributed by atoms with Crippen molar-refractivity contribution in [3.05, 3.63) is 34.3 Å². The summed E-state index contributed by atoms with van der Waals surface area (Å²) in [5.74, 6) is -0.168. The average Bonchev–Trinajstić information content (AvgIpc) is 3.02. The van der Waals surface area contributed by atoms with Crippen LogP contribution in [0.2, 0.25) is 0 Å². The Labute approximate surface area is 121 Å². The molecule has 0 aromatic carbocycles. The molecule has 0 aliphatic carbocycles. The van der Waals surface area contributed by atoms with E-state index in [9.17, 15) is 4.79 Å². The van der Waals surface area contributed by atoms with E-state index < -0.39 is 0 Å². The molecule has 0 spiro atoms. The van der Waals surface area contributed by atoms with Gasteiger partial charge in [0.05, 0.1) is 12.2 Å². The molecule has 1 saturated heterocycles. The van der Waals surface area contributed by atoms with Crippen molar-refractivity contribution >= 4 is 17.2 Å². The quantitative estimate of drug-likeness (QED) is 0.894. The summed E-state index contributed by atoms with van der Waals surface area (Å²) < 4.78 is 1.53.